The van der Waals surface area contributed by atoms with Gasteiger partial charge in [-0.2, -0.15) is 0 Å². The summed E-state index contributed by atoms with van der Waals surface area (Å²) in [5, 5.41) is 7.26. The molecular weight excluding hydrogens is 200 g/mol. The van der Waals surface area contributed by atoms with Gasteiger partial charge >= 0.3 is 0 Å². The Morgan fingerprint density at radius 2 is 2.25 bits per heavy atom. The van der Waals surface area contributed by atoms with Crippen LogP contribution in [0.25, 0.3) is 0 Å². The van der Waals surface area contributed by atoms with Crippen molar-refractivity contribution in [3.8, 4) is 0 Å². The molecule has 1 atom stereocenters. The third-order valence-electron chi connectivity index (χ3n) is 3.33. The molecule has 0 bridgehead atoms. The quantitative estimate of drug-likeness (QED) is 0.835. The summed E-state index contributed by atoms with van der Waals surface area (Å²) >= 11 is 0. The summed E-state index contributed by atoms with van der Waals surface area (Å²) in [7, 11) is 1.90. The number of aromatic nitrogens is 1. The van der Waals surface area contributed by atoms with E-state index < -0.39 is 0 Å². The van der Waals surface area contributed by atoms with Crippen LogP contribution in [0.5, 0.6) is 0 Å². The number of anilines is 1. The molecule has 3 heteroatoms. The molecule has 3 nitrogen and oxygen atoms in total. The third-order valence-corrected chi connectivity index (χ3v) is 3.33. The molecule has 1 aromatic heterocycles. The van der Waals surface area contributed by atoms with Crippen molar-refractivity contribution in [2.24, 2.45) is 0 Å². The Balaban J connectivity index is 2.04. The molecule has 1 unspecified atom stereocenters. The van der Waals surface area contributed by atoms with Crippen LogP contribution in [0, 0.1) is 0 Å². The van der Waals surface area contributed by atoms with Crippen molar-refractivity contribution < 1.29 is 4.52 Å². The molecule has 16 heavy (non-hydrogen) atoms. The van der Waals surface area contributed by atoms with E-state index in [1.165, 1.54) is 11.1 Å². The molecule has 3 rings (SSSR count). The maximum absolute atomic E-state index is 5.05. The number of aryl methyl sites for hydroxylation is 1. The van der Waals surface area contributed by atoms with Gasteiger partial charge in [0.15, 0.2) is 0 Å². The van der Waals surface area contributed by atoms with Gasteiger partial charge in [0.05, 0.1) is 5.69 Å². The first-order valence-corrected chi connectivity index (χ1v) is 5.60. The van der Waals surface area contributed by atoms with Gasteiger partial charge in [0.2, 0.25) is 0 Å². The summed E-state index contributed by atoms with van der Waals surface area (Å²) in [5.41, 5.74) is 4.87. The second kappa shape index (κ2) is 3.67. The Bertz CT molecular complexity index is 504. The molecule has 0 aliphatic heterocycles. The van der Waals surface area contributed by atoms with Gasteiger partial charge in [0.1, 0.15) is 12.0 Å². The van der Waals surface area contributed by atoms with Gasteiger partial charge in [-0.15, -0.1) is 0 Å². The van der Waals surface area contributed by atoms with E-state index in [2.05, 4.69) is 34.7 Å². The fourth-order valence-electron chi connectivity index (χ4n) is 2.52. The van der Waals surface area contributed by atoms with Crippen LogP contribution < -0.4 is 5.32 Å². The van der Waals surface area contributed by atoms with Gasteiger partial charge in [-0.25, -0.2) is 0 Å². The maximum Gasteiger partial charge on any atom is 0.147 e. The minimum atomic E-state index is 0.386. The number of nitrogens with one attached hydrogen (secondary N) is 1. The van der Waals surface area contributed by atoms with Crippen LogP contribution in [-0.4, -0.2) is 12.2 Å². The topological polar surface area (TPSA) is 38.1 Å². The summed E-state index contributed by atoms with van der Waals surface area (Å²) in [5.74, 6) is 0.386. The van der Waals surface area contributed by atoms with Gasteiger partial charge in [-0.3, -0.25) is 0 Å². The molecule has 1 aromatic carbocycles. The van der Waals surface area contributed by atoms with Crippen molar-refractivity contribution in [2.45, 2.75) is 18.8 Å². The molecule has 0 saturated heterocycles. The van der Waals surface area contributed by atoms with Crippen LogP contribution in [-0.2, 0) is 6.42 Å². The second-order valence-corrected chi connectivity index (χ2v) is 4.15. The number of hydrogen-bond donors (Lipinski definition) is 1. The fraction of sp³-hybridized carbons (Fsp3) is 0.308. The molecule has 0 radical (unpaired) electrons. The molecule has 1 heterocycles. The lowest BCUT2D eigenvalue weighted by atomic mass is 9.97. The van der Waals surface area contributed by atoms with Crippen LogP contribution in [0.1, 0.15) is 29.2 Å². The molecule has 82 valence electrons. The van der Waals surface area contributed by atoms with Crippen molar-refractivity contribution >= 4 is 5.69 Å². The summed E-state index contributed by atoms with van der Waals surface area (Å²) in [6.07, 6.45) is 3.94. The van der Waals surface area contributed by atoms with Gasteiger partial charge < -0.3 is 9.84 Å². The van der Waals surface area contributed by atoms with Crippen LogP contribution >= 0.6 is 0 Å². The molecule has 0 saturated carbocycles. The number of rotatable bonds is 2. The highest BCUT2D eigenvalue weighted by molar-refractivity contribution is 5.51. The van der Waals surface area contributed by atoms with Gasteiger partial charge in [-0.1, -0.05) is 29.4 Å². The standard InChI is InChI=1S/C13H14N2O/c1-14-12-8-16-15-13(12)11-7-6-9-4-2-3-5-10(9)11/h2-5,8,11,14H,6-7H2,1H3. The van der Waals surface area contributed by atoms with E-state index in [-0.39, 0.29) is 0 Å². The smallest absolute Gasteiger partial charge is 0.147 e. The van der Waals surface area contributed by atoms with E-state index in [4.69, 9.17) is 4.52 Å². The van der Waals surface area contributed by atoms with Crippen molar-refractivity contribution in [3.63, 3.8) is 0 Å². The maximum atomic E-state index is 5.05. The minimum absolute atomic E-state index is 0.386. The SMILES string of the molecule is CNc1conc1C1CCc2ccccc21. The second-order valence-electron chi connectivity index (χ2n) is 4.15. The fourth-order valence-corrected chi connectivity index (χ4v) is 2.52. The molecule has 1 aliphatic rings. The van der Waals surface area contributed by atoms with E-state index in [9.17, 15) is 0 Å². The molecule has 2 aromatic rings. The first-order valence-electron chi connectivity index (χ1n) is 5.60. The van der Waals surface area contributed by atoms with E-state index in [0.29, 0.717) is 5.92 Å². The predicted molar refractivity (Wildman–Crippen MR) is 62.7 cm³/mol. The number of hydrogen-bond acceptors (Lipinski definition) is 3. The molecule has 1 aliphatic carbocycles. The lowest BCUT2D eigenvalue weighted by Gasteiger charge is -2.09. The lowest BCUT2D eigenvalue weighted by molar-refractivity contribution is 0.408. The zero-order valence-corrected chi connectivity index (χ0v) is 9.23. The highest BCUT2D eigenvalue weighted by Crippen LogP contribution is 2.39. The first kappa shape index (κ1) is 9.46. The highest BCUT2D eigenvalue weighted by atomic mass is 16.5. The molecule has 0 spiro atoms. The van der Waals surface area contributed by atoms with E-state index in [0.717, 1.165) is 24.2 Å². The Labute approximate surface area is 94.5 Å². The Morgan fingerprint density at radius 1 is 1.38 bits per heavy atom. The van der Waals surface area contributed by atoms with Crippen LogP contribution in [0.4, 0.5) is 5.69 Å². The molecule has 0 amide bonds. The molecule has 0 fully saturated rings. The summed E-state index contributed by atoms with van der Waals surface area (Å²) in [6, 6.07) is 8.59. The lowest BCUT2D eigenvalue weighted by Crippen LogP contribution is -2.00. The van der Waals surface area contributed by atoms with Crippen LogP contribution in [0.15, 0.2) is 35.1 Å². The molecular formula is C13H14N2O. The number of benzene rings is 1. The molecule has 1 N–H and O–H groups in total. The van der Waals surface area contributed by atoms with Gasteiger partial charge in [0.25, 0.3) is 0 Å². The third kappa shape index (κ3) is 1.32. The van der Waals surface area contributed by atoms with Crippen molar-refractivity contribution in [1.29, 1.82) is 0 Å². The Kier molecular flexibility index (Phi) is 2.17. The van der Waals surface area contributed by atoms with E-state index in [1.807, 2.05) is 7.05 Å². The average molecular weight is 214 g/mol. The van der Waals surface area contributed by atoms with Crippen molar-refractivity contribution in [2.75, 3.05) is 12.4 Å². The van der Waals surface area contributed by atoms with Gasteiger partial charge in [0, 0.05) is 13.0 Å². The zero-order valence-electron chi connectivity index (χ0n) is 9.23. The largest absolute Gasteiger partial charge is 0.384 e. The summed E-state index contributed by atoms with van der Waals surface area (Å²) < 4.78 is 5.05. The highest BCUT2D eigenvalue weighted by Gasteiger charge is 2.27. The Morgan fingerprint density at radius 3 is 3.12 bits per heavy atom. The summed E-state index contributed by atoms with van der Waals surface area (Å²) in [6.45, 7) is 0. The van der Waals surface area contributed by atoms with Crippen molar-refractivity contribution in [3.05, 3.63) is 47.3 Å². The van der Waals surface area contributed by atoms with E-state index >= 15 is 0 Å². The first-order chi connectivity index (χ1) is 7.90. The average Bonchev–Trinajstić information content (AvgIpc) is 2.94. The summed E-state index contributed by atoms with van der Waals surface area (Å²) in [4.78, 5) is 0. The number of nitrogens with zero attached hydrogens (tertiary/aromatic N) is 1. The number of fused-ring (bicyclic) bond motifs is 1. The van der Waals surface area contributed by atoms with Crippen molar-refractivity contribution in [1.82, 2.24) is 5.16 Å². The van der Waals surface area contributed by atoms with E-state index in [1.54, 1.807) is 6.26 Å². The van der Waals surface area contributed by atoms with Crippen LogP contribution in [0.3, 0.4) is 0 Å². The predicted octanol–water partition coefficient (Wildman–Crippen LogP) is 2.79. The van der Waals surface area contributed by atoms with Crippen LogP contribution in [0.2, 0.25) is 0 Å². The normalized spacial score (nSPS) is 18.4. The Hall–Kier alpha value is -1.77. The monoisotopic (exact) mass is 214 g/mol. The van der Waals surface area contributed by atoms with Gasteiger partial charge in [-0.05, 0) is 24.0 Å². The zero-order chi connectivity index (χ0) is 11.0. The minimum Gasteiger partial charge on any atom is -0.384 e.